The quantitative estimate of drug-likeness (QED) is 0.677. The average Bonchev–Trinajstić information content (AvgIpc) is 3.46. The Hall–Kier alpha value is -2.84. The zero-order valence-electron chi connectivity index (χ0n) is 17.0. The number of fused-ring (bicyclic) bond motifs is 1. The third-order valence-corrected chi connectivity index (χ3v) is 6.84. The number of thiophene rings is 1. The smallest absolute Gasteiger partial charge is 0.256 e. The Morgan fingerprint density at radius 2 is 2.06 bits per heavy atom. The van der Waals surface area contributed by atoms with Crippen molar-refractivity contribution in [2.75, 3.05) is 13.1 Å². The number of carbonyl (C=O) groups excluding carboxylic acids is 1. The highest BCUT2D eigenvalue weighted by molar-refractivity contribution is 7.07. The summed E-state index contributed by atoms with van der Waals surface area (Å²) in [7, 11) is 0. The van der Waals surface area contributed by atoms with Crippen molar-refractivity contribution in [2.24, 2.45) is 0 Å². The van der Waals surface area contributed by atoms with Crippen LogP contribution in [0.1, 0.15) is 51.9 Å². The molecule has 1 N–H and O–H groups in total. The van der Waals surface area contributed by atoms with E-state index >= 15 is 0 Å². The van der Waals surface area contributed by atoms with Gasteiger partial charge in [-0.15, -0.1) is 0 Å². The van der Waals surface area contributed by atoms with E-state index in [1.807, 2.05) is 0 Å². The summed E-state index contributed by atoms with van der Waals surface area (Å²) >= 11 is 1.69. The first-order valence-corrected chi connectivity index (χ1v) is 11.4. The predicted octanol–water partition coefficient (Wildman–Crippen LogP) is 3.51. The molecule has 0 aliphatic carbocycles. The lowest BCUT2D eigenvalue weighted by Crippen LogP contribution is -2.40. The number of halogens is 1. The largest absolute Gasteiger partial charge is 0.334 e. The summed E-state index contributed by atoms with van der Waals surface area (Å²) in [5.41, 5.74) is 2.86. The summed E-state index contributed by atoms with van der Waals surface area (Å²) in [4.78, 5) is 37.5. The van der Waals surface area contributed by atoms with E-state index in [0.29, 0.717) is 24.1 Å². The Morgan fingerprint density at radius 3 is 2.84 bits per heavy atom. The average molecular weight is 439 g/mol. The Morgan fingerprint density at radius 1 is 1.23 bits per heavy atom. The number of aromatic amines is 1. The number of hydrogen-bond donors (Lipinski definition) is 1. The predicted molar refractivity (Wildman–Crippen MR) is 116 cm³/mol. The van der Waals surface area contributed by atoms with Crippen LogP contribution in [0.4, 0.5) is 4.39 Å². The highest BCUT2D eigenvalue weighted by atomic mass is 32.1. The summed E-state index contributed by atoms with van der Waals surface area (Å²) in [6, 6.07) is 7.74. The lowest BCUT2D eigenvalue weighted by Gasteiger charge is -2.29. The maximum Gasteiger partial charge on any atom is 0.256 e. The fourth-order valence-electron chi connectivity index (χ4n) is 4.49. The molecule has 1 saturated heterocycles. The van der Waals surface area contributed by atoms with Gasteiger partial charge in [-0.05, 0) is 66.0 Å². The molecule has 160 valence electrons. The first-order chi connectivity index (χ1) is 15.1. The van der Waals surface area contributed by atoms with Crippen LogP contribution in [0.25, 0.3) is 0 Å². The Bertz CT molecular complexity index is 1140. The van der Waals surface area contributed by atoms with E-state index in [0.717, 1.165) is 37.4 Å². The van der Waals surface area contributed by atoms with Gasteiger partial charge in [0.2, 0.25) is 0 Å². The zero-order valence-corrected chi connectivity index (χ0v) is 17.8. The topological polar surface area (TPSA) is 69.3 Å². The van der Waals surface area contributed by atoms with Crippen LogP contribution in [-0.4, -0.2) is 38.8 Å². The number of benzene rings is 1. The van der Waals surface area contributed by atoms with Gasteiger partial charge < -0.3 is 9.88 Å². The molecule has 0 saturated carbocycles. The molecule has 2 aromatic heterocycles. The van der Waals surface area contributed by atoms with Gasteiger partial charge in [0.05, 0.1) is 23.8 Å². The maximum absolute atomic E-state index is 13.2. The van der Waals surface area contributed by atoms with Crippen LogP contribution in [0, 0.1) is 5.82 Å². The second-order valence-corrected chi connectivity index (χ2v) is 8.90. The van der Waals surface area contributed by atoms with Crippen LogP contribution in [-0.2, 0) is 19.5 Å². The van der Waals surface area contributed by atoms with Crippen molar-refractivity contribution in [2.45, 2.75) is 38.4 Å². The molecule has 0 radical (unpaired) electrons. The summed E-state index contributed by atoms with van der Waals surface area (Å²) < 4.78 is 13.2. The van der Waals surface area contributed by atoms with Gasteiger partial charge in [0.15, 0.2) is 0 Å². The van der Waals surface area contributed by atoms with Gasteiger partial charge in [0, 0.05) is 25.1 Å². The van der Waals surface area contributed by atoms with E-state index < -0.39 is 0 Å². The minimum atomic E-state index is -0.381. The van der Waals surface area contributed by atoms with Crippen molar-refractivity contribution < 1.29 is 9.18 Å². The van der Waals surface area contributed by atoms with Crippen molar-refractivity contribution >= 4 is 17.2 Å². The summed E-state index contributed by atoms with van der Waals surface area (Å²) in [5.74, 6) is 0.148. The molecule has 2 aliphatic rings. The van der Waals surface area contributed by atoms with E-state index in [4.69, 9.17) is 4.98 Å². The highest BCUT2D eigenvalue weighted by Crippen LogP contribution is 2.32. The number of carbonyl (C=O) groups is 1. The molecule has 2 aliphatic heterocycles. The Kier molecular flexibility index (Phi) is 5.41. The molecule has 0 spiro atoms. The van der Waals surface area contributed by atoms with Crippen molar-refractivity contribution in [1.29, 1.82) is 0 Å². The van der Waals surface area contributed by atoms with Crippen LogP contribution in [0.3, 0.4) is 0 Å². The maximum atomic E-state index is 13.2. The molecule has 1 amide bonds. The van der Waals surface area contributed by atoms with Gasteiger partial charge in [-0.25, -0.2) is 9.37 Å². The third kappa shape index (κ3) is 4.05. The van der Waals surface area contributed by atoms with E-state index in [2.05, 4.69) is 26.7 Å². The van der Waals surface area contributed by atoms with Crippen molar-refractivity contribution in [1.82, 2.24) is 19.8 Å². The number of nitrogens with zero attached hydrogens (tertiary/aromatic N) is 3. The van der Waals surface area contributed by atoms with Gasteiger partial charge in [0.1, 0.15) is 11.6 Å². The molecule has 0 bridgehead atoms. The molecule has 31 heavy (non-hydrogen) atoms. The fourth-order valence-corrected chi connectivity index (χ4v) is 5.15. The molecule has 6 nitrogen and oxygen atoms in total. The number of rotatable bonds is 4. The van der Waals surface area contributed by atoms with Gasteiger partial charge in [0.25, 0.3) is 11.5 Å². The van der Waals surface area contributed by atoms with Crippen LogP contribution >= 0.6 is 11.3 Å². The second-order valence-electron chi connectivity index (χ2n) is 8.12. The molecule has 4 heterocycles. The number of amides is 1. The van der Waals surface area contributed by atoms with Crippen molar-refractivity contribution in [3.05, 3.63) is 85.5 Å². The highest BCUT2D eigenvalue weighted by Gasteiger charge is 2.31. The lowest BCUT2D eigenvalue weighted by atomic mass is 10.0. The van der Waals surface area contributed by atoms with Crippen molar-refractivity contribution in [3.63, 3.8) is 0 Å². The van der Waals surface area contributed by atoms with E-state index in [1.54, 1.807) is 16.2 Å². The molecular weight excluding hydrogens is 415 g/mol. The summed E-state index contributed by atoms with van der Waals surface area (Å²) in [6.45, 7) is 2.55. The number of H-pyrrole nitrogens is 1. The number of aromatic nitrogens is 2. The third-order valence-electron chi connectivity index (χ3n) is 6.11. The Labute approximate surface area is 183 Å². The zero-order chi connectivity index (χ0) is 21.4. The number of nitrogens with one attached hydrogen (secondary N) is 1. The van der Waals surface area contributed by atoms with Crippen LogP contribution in [0.5, 0.6) is 0 Å². The minimum absolute atomic E-state index is 0.108. The molecule has 8 heteroatoms. The van der Waals surface area contributed by atoms with Gasteiger partial charge in [-0.3, -0.25) is 14.5 Å². The molecule has 5 rings (SSSR count). The van der Waals surface area contributed by atoms with Crippen molar-refractivity contribution in [3.8, 4) is 0 Å². The van der Waals surface area contributed by atoms with Gasteiger partial charge in [-0.1, -0.05) is 0 Å². The molecular formula is C23H23FN4O2S. The Balaban J connectivity index is 1.36. The van der Waals surface area contributed by atoms with Crippen LogP contribution < -0.4 is 5.56 Å². The molecule has 1 aromatic carbocycles. The van der Waals surface area contributed by atoms with Gasteiger partial charge in [-0.2, -0.15) is 11.3 Å². The summed E-state index contributed by atoms with van der Waals surface area (Å²) in [6.07, 6.45) is 2.59. The first kappa shape index (κ1) is 20.1. The number of hydrogen-bond acceptors (Lipinski definition) is 5. The van der Waals surface area contributed by atoms with E-state index in [1.165, 1.54) is 29.8 Å². The molecule has 1 unspecified atom stereocenters. The van der Waals surface area contributed by atoms with Crippen LogP contribution in [0.15, 0.2) is 45.9 Å². The minimum Gasteiger partial charge on any atom is -0.334 e. The monoisotopic (exact) mass is 438 g/mol. The van der Waals surface area contributed by atoms with Gasteiger partial charge >= 0.3 is 0 Å². The summed E-state index contributed by atoms with van der Waals surface area (Å²) in [5, 5.41) is 4.24. The fraction of sp³-hybridized carbons (Fsp3) is 0.348. The second kappa shape index (κ2) is 8.36. The normalized spacial score (nSPS) is 18.9. The lowest BCUT2D eigenvalue weighted by molar-refractivity contribution is 0.0732. The van der Waals surface area contributed by atoms with Crippen LogP contribution in [0.2, 0.25) is 0 Å². The first-order valence-electron chi connectivity index (χ1n) is 10.5. The molecule has 1 atom stereocenters. The molecule has 3 aromatic rings. The standard InChI is InChI=1S/C23H23FN4O2S/c24-17-5-3-16(4-6-17)23(30)28-10-7-19-18(13-28)22(29)26-21(25-19)20-2-1-9-27(20)12-15-8-11-31-14-15/h3-6,8,11,14,20H,1-2,7,9-10,12-13H2,(H,25,26,29). The number of likely N-dealkylation sites (tertiary alicyclic amines) is 1. The molecule has 1 fully saturated rings. The van der Waals surface area contributed by atoms with E-state index in [9.17, 15) is 14.0 Å². The van der Waals surface area contributed by atoms with E-state index in [-0.39, 0.29) is 29.9 Å². The SMILES string of the molecule is O=C(c1ccc(F)cc1)N1CCc2nc(C3CCCN3Cc3ccsc3)[nH]c(=O)c2C1.